The number of esters is 1. The van der Waals surface area contributed by atoms with Gasteiger partial charge in [-0.2, -0.15) is 0 Å². The molecule has 0 spiro atoms. The molecule has 5 nitrogen and oxygen atoms in total. The fourth-order valence-corrected chi connectivity index (χ4v) is 1.52. The highest BCUT2D eigenvalue weighted by atomic mass is 16.5. The highest BCUT2D eigenvalue weighted by molar-refractivity contribution is 5.86. The van der Waals surface area contributed by atoms with Gasteiger partial charge in [0.05, 0.1) is 19.9 Å². The second-order valence-corrected chi connectivity index (χ2v) is 3.74. The minimum atomic E-state index is -0.483. The first-order valence-electron chi connectivity index (χ1n) is 5.43. The third-order valence-electron chi connectivity index (χ3n) is 2.49. The Hall–Kier alpha value is -2.43. The highest BCUT2D eigenvalue weighted by Crippen LogP contribution is 2.07. The zero-order chi connectivity index (χ0) is 13.0. The van der Waals surface area contributed by atoms with Gasteiger partial charge in [0, 0.05) is 0 Å². The van der Waals surface area contributed by atoms with Crippen molar-refractivity contribution in [3.63, 3.8) is 0 Å². The summed E-state index contributed by atoms with van der Waals surface area (Å²) in [7, 11) is 1.31. The lowest BCUT2D eigenvalue weighted by Crippen LogP contribution is -2.01. The van der Waals surface area contributed by atoms with E-state index in [0.717, 1.165) is 11.1 Å². The van der Waals surface area contributed by atoms with Crippen molar-refractivity contribution in [3.05, 3.63) is 53.9 Å². The minimum absolute atomic E-state index is 0.209. The largest absolute Gasteiger partial charge is 0.464 e. The SMILES string of the molecule is C=Cc1ccc(Cn2cc(C(=O)OC)nn2)cc1. The smallest absolute Gasteiger partial charge is 0.360 e. The predicted molar refractivity (Wildman–Crippen MR) is 67.0 cm³/mol. The number of benzene rings is 1. The van der Waals surface area contributed by atoms with Gasteiger partial charge in [0.25, 0.3) is 0 Å². The maximum atomic E-state index is 11.2. The molecule has 0 fully saturated rings. The Morgan fingerprint density at radius 1 is 1.44 bits per heavy atom. The summed E-state index contributed by atoms with van der Waals surface area (Å²) in [5.74, 6) is -0.483. The van der Waals surface area contributed by atoms with E-state index in [1.807, 2.05) is 24.3 Å². The second-order valence-electron chi connectivity index (χ2n) is 3.74. The van der Waals surface area contributed by atoms with E-state index in [-0.39, 0.29) is 5.69 Å². The Bertz CT molecular complexity index is 558. The summed E-state index contributed by atoms with van der Waals surface area (Å²) in [5, 5.41) is 7.61. The molecule has 2 rings (SSSR count). The van der Waals surface area contributed by atoms with Crippen LogP contribution in [0.2, 0.25) is 0 Å². The number of carbonyl (C=O) groups is 1. The zero-order valence-corrected chi connectivity index (χ0v) is 10.0. The first-order valence-corrected chi connectivity index (χ1v) is 5.43. The molecule has 0 radical (unpaired) electrons. The summed E-state index contributed by atoms with van der Waals surface area (Å²) >= 11 is 0. The fourth-order valence-electron chi connectivity index (χ4n) is 1.52. The number of hydrogen-bond donors (Lipinski definition) is 0. The Labute approximate surface area is 105 Å². The normalized spacial score (nSPS) is 10.1. The van der Waals surface area contributed by atoms with Gasteiger partial charge in [0.2, 0.25) is 0 Å². The molecule has 0 aliphatic rings. The van der Waals surface area contributed by atoms with Crippen LogP contribution in [0, 0.1) is 0 Å². The molecule has 0 aliphatic carbocycles. The van der Waals surface area contributed by atoms with Gasteiger partial charge < -0.3 is 4.74 Å². The van der Waals surface area contributed by atoms with Gasteiger partial charge in [0.1, 0.15) is 0 Å². The summed E-state index contributed by atoms with van der Waals surface area (Å²) in [6.07, 6.45) is 3.35. The van der Waals surface area contributed by atoms with Crippen LogP contribution in [0.5, 0.6) is 0 Å². The summed E-state index contributed by atoms with van der Waals surface area (Å²) in [4.78, 5) is 11.2. The van der Waals surface area contributed by atoms with Gasteiger partial charge in [0.15, 0.2) is 5.69 Å². The molecule has 92 valence electrons. The van der Waals surface area contributed by atoms with Crippen LogP contribution in [0.4, 0.5) is 0 Å². The molecule has 0 aliphatic heterocycles. The Morgan fingerprint density at radius 3 is 2.78 bits per heavy atom. The zero-order valence-electron chi connectivity index (χ0n) is 10.0. The maximum absolute atomic E-state index is 11.2. The van der Waals surface area contributed by atoms with Crippen molar-refractivity contribution in [2.24, 2.45) is 0 Å². The molecular weight excluding hydrogens is 230 g/mol. The maximum Gasteiger partial charge on any atom is 0.360 e. The lowest BCUT2D eigenvalue weighted by molar-refractivity contribution is 0.0594. The van der Waals surface area contributed by atoms with Crippen LogP contribution in [0.15, 0.2) is 37.0 Å². The van der Waals surface area contributed by atoms with E-state index in [2.05, 4.69) is 21.6 Å². The second kappa shape index (κ2) is 5.27. The molecule has 0 N–H and O–H groups in total. The summed E-state index contributed by atoms with van der Waals surface area (Å²) < 4.78 is 6.16. The first kappa shape index (κ1) is 12.0. The van der Waals surface area contributed by atoms with Gasteiger partial charge in [-0.1, -0.05) is 42.1 Å². The van der Waals surface area contributed by atoms with E-state index in [0.29, 0.717) is 6.54 Å². The van der Waals surface area contributed by atoms with Crippen molar-refractivity contribution in [2.75, 3.05) is 7.11 Å². The third kappa shape index (κ3) is 2.63. The number of carbonyl (C=O) groups excluding carboxylic acids is 1. The molecule has 1 aromatic heterocycles. The van der Waals surface area contributed by atoms with E-state index in [1.165, 1.54) is 7.11 Å². The third-order valence-corrected chi connectivity index (χ3v) is 2.49. The van der Waals surface area contributed by atoms with E-state index >= 15 is 0 Å². The van der Waals surface area contributed by atoms with Crippen molar-refractivity contribution >= 4 is 12.0 Å². The van der Waals surface area contributed by atoms with Gasteiger partial charge in [-0.3, -0.25) is 0 Å². The van der Waals surface area contributed by atoms with Crippen molar-refractivity contribution < 1.29 is 9.53 Å². The van der Waals surface area contributed by atoms with Crippen LogP contribution in [0.1, 0.15) is 21.6 Å². The van der Waals surface area contributed by atoms with Crippen LogP contribution >= 0.6 is 0 Å². The number of methoxy groups -OCH3 is 1. The summed E-state index contributed by atoms with van der Waals surface area (Å²) in [6, 6.07) is 7.91. The summed E-state index contributed by atoms with van der Waals surface area (Å²) in [6.45, 7) is 4.25. The molecule has 0 atom stereocenters. The molecule has 2 aromatic rings. The van der Waals surface area contributed by atoms with Gasteiger partial charge >= 0.3 is 5.97 Å². The van der Waals surface area contributed by atoms with E-state index in [1.54, 1.807) is 17.0 Å². The van der Waals surface area contributed by atoms with Crippen LogP contribution in [0.25, 0.3) is 6.08 Å². The lowest BCUT2D eigenvalue weighted by atomic mass is 10.1. The molecule has 0 saturated carbocycles. The number of rotatable bonds is 4. The number of aromatic nitrogens is 3. The van der Waals surface area contributed by atoms with E-state index < -0.39 is 5.97 Å². The van der Waals surface area contributed by atoms with Crippen molar-refractivity contribution in [2.45, 2.75) is 6.54 Å². The lowest BCUT2D eigenvalue weighted by Gasteiger charge is -2.01. The highest BCUT2D eigenvalue weighted by Gasteiger charge is 2.10. The van der Waals surface area contributed by atoms with Crippen LogP contribution in [-0.4, -0.2) is 28.1 Å². The number of nitrogens with zero attached hydrogens (tertiary/aromatic N) is 3. The van der Waals surface area contributed by atoms with Gasteiger partial charge in [-0.15, -0.1) is 5.10 Å². The average molecular weight is 243 g/mol. The quantitative estimate of drug-likeness (QED) is 0.768. The van der Waals surface area contributed by atoms with Gasteiger partial charge in [-0.25, -0.2) is 9.48 Å². The van der Waals surface area contributed by atoms with E-state index in [9.17, 15) is 4.79 Å². The van der Waals surface area contributed by atoms with Crippen molar-refractivity contribution in [3.8, 4) is 0 Å². The van der Waals surface area contributed by atoms with Crippen molar-refractivity contribution in [1.29, 1.82) is 0 Å². The molecule has 0 unspecified atom stereocenters. The van der Waals surface area contributed by atoms with Crippen molar-refractivity contribution in [1.82, 2.24) is 15.0 Å². The fraction of sp³-hybridized carbons (Fsp3) is 0.154. The minimum Gasteiger partial charge on any atom is -0.464 e. The van der Waals surface area contributed by atoms with Crippen LogP contribution < -0.4 is 0 Å². The Morgan fingerprint density at radius 2 is 2.17 bits per heavy atom. The molecule has 0 amide bonds. The number of hydrogen-bond acceptors (Lipinski definition) is 4. The van der Waals surface area contributed by atoms with Gasteiger partial charge in [-0.05, 0) is 11.1 Å². The standard InChI is InChI=1S/C13H13N3O2/c1-3-10-4-6-11(7-5-10)8-16-9-12(14-15-16)13(17)18-2/h3-7,9H,1,8H2,2H3. The topological polar surface area (TPSA) is 57.0 Å². The number of ether oxygens (including phenoxy) is 1. The molecule has 0 saturated heterocycles. The van der Waals surface area contributed by atoms with Crippen LogP contribution in [0.3, 0.4) is 0 Å². The Kier molecular flexibility index (Phi) is 3.52. The molecule has 0 bridgehead atoms. The molecule has 5 heteroatoms. The molecule has 18 heavy (non-hydrogen) atoms. The molecule has 1 heterocycles. The average Bonchev–Trinajstić information content (AvgIpc) is 2.87. The predicted octanol–water partition coefficient (Wildman–Crippen LogP) is 1.76. The molecular formula is C13H13N3O2. The molecule has 1 aromatic carbocycles. The monoisotopic (exact) mass is 243 g/mol. The van der Waals surface area contributed by atoms with E-state index in [4.69, 9.17) is 0 Å². The first-order chi connectivity index (χ1) is 8.72. The Balaban J connectivity index is 2.10. The van der Waals surface area contributed by atoms with Crippen LogP contribution in [-0.2, 0) is 11.3 Å². The summed E-state index contributed by atoms with van der Waals surface area (Å²) in [5.41, 5.74) is 2.34.